The fourth-order valence-corrected chi connectivity index (χ4v) is 9.46. The molecule has 1 aromatic heterocycles. The lowest BCUT2D eigenvalue weighted by molar-refractivity contribution is 0.806. The van der Waals surface area contributed by atoms with Gasteiger partial charge in [-0.1, -0.05) is 144 Å². The zero-order valence-corrected chi connectivity index (χ0v) is 30.2. The first kappa shape index (κ1) is 32.2. The Hall–Kier alpha value is -5.02. The second-order valence-electron chi connectivity index (χ2n) is 13.2. The molecule has 2 heteroatoms. The van der Waals surface area contributed by atoms with Gasteiger partial charge in [0, 0.05) is 32.9 Å². The summed E-state index contributed by atoms with van der Waals surface area (Å²) >= 11 is 3.73. The lowest BCUT2D eigenvalue weighted by Gasteiger charge is -2.23. The van der Waals surface area contributed by atoms with Crippen LogP contribution in [0.15, 0.2) is 174 Å². The van der Waals surface area contributed by atoms with Crippen molar-refractivity contribution < 1.29 is 0 Å². The SMILES string of the molecule is Cc1cc(C)cc(C2=C(/C=C/c3cc(-c4ccccc4)[s+]c4ccccc34)CCC/C2=C\C=C2/C=C(c3ccccc3)Sc3ccccc32)c1. The molecule has 0 saturated heterocycles. The predicted octanol–water partition coefficient (Wildman–Crippen LogP) is 14.3. The van der Waals surface area contributed by atoms with E-state index in [1.807, 2.05) is 23.1 Å². The molecule has 6 aromatic rings. The number of allylic oxidation sites excluding steroid dienone is 8. The Balaban J connectivity index is 1.26. The Morgan fingerprint density at radius 3 is 2.12 bits per heavy atom. The summed E-state index contributed by atoms with van der Waals surface area (Å²) in [6, 6.07) is 48.5. The van der Waals surface area contributed by atoms with Crippen molar-refractivity contribution in [2.45, 2.75) is 38.0 Å². The first-order valence-corrected chi connectivity index (χ1v) is 19.1. The van der Waals surface area contributed by atoms with Crippen molar-refractivity contribution in [3.05, 3.63) is 202 Å². The molecule has 1 aliphatic heterocycles. The number of benzene rings is 5. The van der Waals surface area contributed by atoms with Crippen molar-refractivity contribution in [2.75, 3.05) is 0 Å². The molecular weight excluding hydrogens is 641 g/mol. The van der Waals surface area contributed by atoms with Crippen LogP contribution in [0.1, 0.15) is 52.6 Å². The largest absolute Gasteiger partial charge is 0.239 e. The smallest absolute Gasteiger partial charge is 0.0888 e. The molecule has 0 fully saturated rings. The van der Waals surface area contributed by atoms with Gasteiger partial charge in [0.2, 0.25) is 20.9 Å². The number of thioether (sulfide) groups is 1. The van der Waals surface area contributed by atoms with E-state index in [0.29, 0.717) is 0 Å². The molecule has 2 aliphatic rings. The fourth-order valence-electron chi connectivity index (χ4n) is 7.22. The predicted molar refractivity (Wildman–Crippen MR) is 220 cm³/mol. The first-order chi connectivity index (χ1) is 24.6. The molecule has 0 amide bonds. The molecule has 2 heterocycles. The second-order valence-corrected chi connectivity index (χ2v) is 15.3. The third-order valence-corrected chi connectivity index (χ3v) is 11.8. The minimum Gasteiger partial charge on any atom is -0.0888 e. The lowest BCUT2D eigenvalue weighted by Crippen LogP contribution is -2.03. The lowest BCUT2D eigenvalue weighted by atomic mass is 9.81. The van der Waals surface area contributed by atoms with Crippen LogP contribution in [0, 0.1) is 13.8 Å². The normalized spacial score (nSPS) is 16.3. The van der Waals surface area contributed by atoms with E-state index in [1.165, 1.54) is 86.0 Å². The van der Waals surface area contributed by atoms with Crippen molar-refractivity contribution in [2.24, 2.45) is 0 Å². The van der Waals surface area contributed by atoms with Gasteiger partial charge in [-0.25, -0.2) is 0 Å². The van der Waals surface area contributed by atoms with Gasteiger partial charge in [-0.15, -0.1) is 0 Å². The Bertz CT molecular complexity index is 2350. The number of aryl methyl sites for hydroxylation is 2. The van der Waals surface area contributed by atoms with Gasteiger partial charge >= 0.3 is 0 Å². The van der Waals surface area contributed by atoms with Crippen molar-refractivity contribution in [3.63, 3.8) is 0 Å². The third kappa shape index (κ3) is 6.87. The summed E-state index contributed by atoms with van der Waals surface area (Å²) in [5.41, 5.74) is 14.5. The van der Waals surface area contributed by atoms with Gasteiger partial charge in [0.25, 0.3) is 0 Å². The molecule has 8 rings (SSSR count). The molecule has 0 nitrogen and oxygen atoms in total. The van der Waals surface area contributed by atoms with Crippen LogP contribution in [0.2, 0.25) is 0 Å². The summed E-state index contributed by atoms with van der Waals surface area (Å²) in [7, 11) is 0. The van der Waals surface area contributed by atoms with Gasteiger partial charge in [-0.2, -0.15) is 0 Å². The molecule has 0 bridgehead atoms. The van der Waals surface area contributed by atoms with Crippen LogP contribution in [0.25, 0.3) is 42.7 Å². The van der Waals surface area contributed by atoms with Gasteiger partial charge in [-0.3, -0.25) is 0 Å². The van der Waals surface area contributed by atoms with Crippen LogP contribution in [-0.2, 0) is 0 Å². The van der Waals surface area contributed by atoms with E-state index in [1.54, 1.807) is 0 Å². The average Bonchev–Trinajstić information content (AvgIpc) is 3.16. The molecule has 0 radical (unpaired) electrons. The van der Waals surface area contributed by atoms with Crippen LogP contribution in [0.3, 0.4) is 0 Å². The van der Waals surface area contributed by atoms with Gasteiger partial charge in [0.15, 0.2) is 0 Å². The minimum atomic E-state index is 1.06. The summed E-state index contributed by atoms with van der Waals surface area (Å²) < 4.78 is 1.31. The number of hydrogen-bond acceptors (Lipinski definition) is 1. The maximum Gasteiger partial charge on any atom is 0.239 e. The Morgan fingerprint density at radius 1 is 0.620 bits per heavy atom. The number of fused-ring (bicyclic) bond motifs is 2. The van der Waals surface area contributed by atoms with E-state index in [-0.39, 0.29) is 0 Å². The van der Waals surface area contributed by atoms with Gasteiger partial charge in [-0.05, 0) is 108 Å². The summed E-state index contributed by atoms with van der Waals surface area (Å²) in [6.45, 7) is 4.44. The summed E-state index contributed by atoms with van der Waals surface area (Å²) in [6.07, 6.45) is 15.2. The maximum absolute atomic E-state index is 2.41. The van der Waals surface area contributed by atoms with Gasteiger partial charge < -0.3 is 0 Å². The zero-order chi connectivity index (χ0) is 33.9. The zero-order valence-electron chi connectivity index (χ0n) is 28.5. The number of rotatable bonds is 6. The maximum atomic E-state index is 2.41. The summed E-state index contributed by atoms with van der Waals surface area (Å²) in [5, 5.41) is 1.30. The molecule has 0 saturated carbocycles. The molecular formula is C48H39S2+. The van der Waals surface area contributed by atoms with E-state index in [4.69, 9.17) is 0 Å². The van der Waals surface area contributed by atoms with E-state index >= 15 is 0 Å². The highest BCUT2D eigenvalue weighted by atomic mass is 32.2. The number of hydrogen-bond donors (Lipinski definition) is 0. The van der Waals surface area contributed by atoms with Crippen LogP contribution in [-0.4, -0.2) is 0 Å². The summed E-state index contributed by atoms with van der Waals surface area (Å²) in [4.78, 5) is 3.89. The van der Waals surface area contributed by atoms with Gasteiger partial charge in [0.05, 0.1) is 0 Å². The molecule has 50 heavy (non-hydrogen) atoms. The molecule has 242 valence electrons. The molecule has 0 atom stereocenters. The van der Waals surface area contributed by atoms with Crippen LogP contribution in [0.4, 0.5) is 0 Å². The van der Waals surface area contributed by atoms with Crippen molar-refractivity contribution in [1.82, 2.24) is 0 Å². The van der Waals surface area contributed by atoms with E-state index in [2.05, 4.69) is 178 Å². The Kier molecular flexibility index (Phi) is 9.31. The Labute approximate surface area is 304 Å². The molecule has 0 N–H and O–H groups in total. The Morgan fingerprint density at radius 2 is 1.32 bits per heavy atom. The highest BCUT2D eigenvalue weighted by Gasteiger charge is 2.21. The van der Waals surface area contributed by atoms with Gasteiger partial charge in [0.1, 0.15) is 0 Å². The average molecular weight is 680 g/mol. The van der Waals surface area contributed by atoms with E-state index in [0.717, 1.165) is 19.3 Å². The molecule has 0 unspecified atom stereocenters. The van der Waals surface area contributed by atoms with Crippen LogP contribution < -0.4 is 0 Å². The van der Waals surface area contributed by atoms with E-state index < -0.39 is 0 Å². The van der Waals surface area contributed by atoms with Crippen LogP contribution in [0.5, 0.6) is 0 Å². The fraction of sp³-hybridized carbons (Fsp3) is 0.104. The summed E-state index contributed by atoms with van der Waals surface area (Å²) in [5.74, 6) is 0. The quantitative estimate of drug-likeness (QED) is 0.158. The highest BCUT2D eigenvalue weighted by Crippen LogP contribution is 2.45. The second kappa shape index (κ2) is 14.5. The highest BCUT2D eigenvalue weighted by molar-refractivity contribution is 8.08. The topological polar surface area (TPSA) is 0 Å². The van der Waals surface area contributed by atoms with Crippen molar-refractivity contribution in [1.29, 1.82) is 0 Å². The van der Waals surface area contributed by atoms with E-state index in [9.17, 15) is 0 Å². The standard InChI is InChI=1S/C48H39S2/c1-33-28-34(2)30-41(29-33)48-37(24-26-39-31-46(35-14-5-3-6-15-35)49-44-22-11-9-20-42(39)44)18-13-19-38(48)25-27-40-32-47(36-16-7-4-8-17-36)50-45-23-12-10-21-43(40)45/h3-12,14-17,20-32H,13,18-19H2,1-2H3/q+1. The first-order valence-electron chi connectivity index (χ1n) is 17.5. The monoisotopic (exact) mass is 679 g/mol. The van der Waals surface area contributed by atoms with Crippen molar-refractivity contribution in [3.8, 4) is 10.4 Å². The molecule has 1 aliphatic carbocycles. The third-order valence-electron chi connectivity index (χ3n) is 9.50. The minimum absolute atomic E-state index is 1.06. The van der Waals surface area contributed by atoms with Crippen LogP contribution >= 0.6 is 23.1 Å². The van der Waals surface area contributed by atoms with Crippen molar-refractivity contribution >= 4 is 55.3 Å². The molecule has 0 spiro atoms. The molecule has 5 aromatic carbocycles.